The molecule has 0 saturated heterocycles. The van der Waals surface area contributed by atoms with Gasteiger partial charge in [-0.05, 0) is 24.3 Å². The minimum Gasteiger partial charge on any atom is -0.497 e. The third-order valence-electron chi connectivity index (χ3n) is 2.99. The Morgan fingerprint density at radius 2 is 1.89 bits per heavy atom. The van der Waals surface area contributed by atoms with Crippen LogP contribution < -0.4 is 4.74 Å². The summed E-state index contributed by atoms with van der Waals surface area (Å²) < 4.78 is 5.78. The average molecular weight is 247 g/mol. The molecule has 1 aromatic carbocycles. The lowest BCUT2D eigenvalue weighted by atomic mass is 10.3. The smallest absolute Gasteiger partial charge is 0.285 e. The Bertz CT molecular complexity index is 464. The molecule has 1 aliphatic heterocycles. The highest BCUT2D eigenvalue weighted by atomic mass is 16.5. The molecule has 18 heavy (non-hydrogen) atoms. The zero-order valence-corrected chi connectivity index (χ0v) is 11.2. The SMILES string of the molecule is COc1ccc(N=NC2N(C)C=C[N+]2(C)C)cc1. The van der Waals surface area contributed by atoms with Crippen molar-refractivity contribution in [3.63, 3.8) is 0 Å². The van der Waals surface area contributed by atoms with E-state index in [-0.39, 0.29) is 6.29 Å². The van der Waals surface area contributed by atoms with E-state index in [0.29, 0.717) is 4.48 Å². The van der Waals surface area contributed by atoms with Crippen LogP contribution in [0.25, 0.3) is 0 Å². The van der Waals surface area contributed by atoms with Gasteiger partial charge in [-0.2, -0.15) is 0 Å². The summed E-state index contributed by atoms with van der Waals surface area (Å²) in [5.74, 6) is 0.824. The van der Waals surface area contributed by atoms with Crippen molar-refractivity contribution < 1.29 is 9.22 Å². The minimum absolute atomic E-state index is 0.00731. The van der Waals surface area contributed by atoms with Gasteiger partial charge in [0.05, 0.1) is 33.1 Å². The molecule has 0 fully saturated rings. The molecule has 96 valence electrons. The molecule has 2 rings (SSSR count). The zero-order valence-electron chi connectivity index (χ0n) is 11.2. The molecule has 1 heterocycles. The molecule has 5 heteroatoms. The Hall–Kier alpha value is -1.88. The fourth-order valence-electron chi connectivity index (χ4n) is 1.88. The van der Waals surface area contributed by atoms with Crippen LogP contribution in [0.2, 0.25) is 0 Å². The molecular weight excluding hydrogens is 228 g/mol. The van der Waals surface area contributed by atoms with Gasteiger partial charge in [-0.1, -0.05) is 0 Å². The van der Waals surface area contributed by atoms with Crippen LogP contribution in [0.5, 0.6) is 5.75 Å². The second kappa shape index (κ2) is 4.78. The number of hydrogen-bond acceptors (Lipinski definition) is 4. The fourth-order valence-corrected chi connectivity index (χ4v) is 1.88. The van der Waals surface area contributed by atoms with E-state index < -0.39 is 0 Å². The average Bonchev–Trinajstić information content (AvgIpc) is 2.62. The fraction of sp³-hybridized carbons (Fsp3) is 0.385. The highest BCUT2D eigenvalue weighted by molar-refractivity contribution is 5.40. The number of ether oxygens (including phenoxy) is 1. The Morgan fingerprint density at radius 1 is 1.22 bits per heavy atom. The molecule has 0 aromatic heterocycles. The number of hydrogen-bond donors (Lipinski definition) is 0. The van der Waals surface area contributed by atoms with Crippen LogP contribution in [0, 0.1) is 0 Å². The Labute approximate surface area is 108 Å². The van der Waals surface area contributed by atoms with Crippen molar-refractivity contribution in [1.82, 2.24) is 4.90 Å². The third-order valence-corrected chi connectivity index (χ3v) is 2.99. The number of methoxy groups -OCH3 is 1. The summed E-state index contributed by atoms with van der Waals surface area (Å²) >= 11 is 0. The maximum Gasteiger partial charge on any atom is 0.285 e. The van der Waals surface area contributed by atoms with E-state index in [4.69, 9.17) is 4.74 Å². The summed E-state index contributed by atoms with van der Waals surface area (Å²) in [5, 5.41) is 8.68. The number of quaternary nitrogens is 1. The summed E-state index contributed by atoms with van der Waals surface area (Å²) in [6, 6.07) is 7.55. The molecule has 0 spiro atoms. The van der Waals surface area contributed by atoms with Gasteiger partial charge in [-0.3, -0.25) is 4.48 Å². The molecule has 0 radical (unpaired) electrons. The zero-order chi connectivity index (χ0) is 13.2. The second-order valence-corrected chi connectivity index (χ2v) is 4.85. The third kappa shape index (κ3) is 2.51. The van der Waals surface area contributed by atoms with Gasteiger partial charge in [-0.15, -0.1) is 10.2 Å². The van der Waals surface area contributed by atoms with Crippen LogP contribution in [-0.2, 0) is 0 Å². The Morgan fingerprint density at radius 3 is 2.39 bits per heavy atom. The Balaban J connectivity index is 2.10. The van der Waals surface area contributed by atoms with Crippen molar-refractivity contribution in [3.8, 4) is 5.75 Å². The predicted octanol–water partition coefficient (Wildman–Crippen LogP) is 2.56. The number of azo groups is 1. The second-order valence-electron chi connectivity index (χ2n) is 4.85. The van der Waals surface area contributed by atoms with Gasteiger partial charge in [0, 0.05) is 7.05 Å². The lowest BCUT2D eigenvalue weighted by Crippen LogP contribution is -2.45. The topological polar surface area (TPSA) is 37.2 Å². The van der Waals surface area contributed by atoms with Gasteiger partial charge in [0.1, 0.15) is 11.9 Å². The number of benzene rings is 1. The van der Waals surface area contributed by atoms with Crippen LogP contribution in [-0.4, -0.2) is 43.9 Å². The van der Waals surface area contributed by atoms with E-state index in [2.05, 4.69) is 30.5 Å². The first-order valence-corrected chi connectivity index (χ1v) is 5.82. The van der Waals surface area contributed by atoms with E-state index in [1.54, 1.807) is 7.11 Å². The summed E-state index contributed by atoms with van der Waals surface area (Å²) in [5.41, 5.74) is 0.830. The van der Waals surface area contributed by atoms with Gasteiger partial charge in [-0.25, -0.2) is 0 Å². The molecule has 0 saturated carbocycles. The van der Waals surface area contributed by atoms with E-state index in [1.807, 2.05) is 42.4 Å². The standard InChI is InChI=1S/C13H19N4O/c1-16-9-10-17(2,3)13(16)15-14-11-5-7-12(18-4)8-6-11/h5-10,13H,1-4H3/q+1. The molecule has 0 amide bonds. The number of nitrogens with zero attached hydrogens (tertiary/aromatic N) is 4. The summed E-state index contributed by atoms with van der Waals surface area (Å²) in [4.78, 5) is 2.05. The molecule has 5 nitrogen and oxygen atoms in total. The van der Waals surface area contributed by atoms with Crippen LogP contribution in [0.15, 0.2) is 46.9 Å². The summed E-state index contributed by atoms with van der Waals surface area (Å²) in [6.45, 7) is 0. The Kier molecular flexibility index (Phi) is 3.34. The lowest BCUT2D eigenvalue weighted by Gasteiger charge is -2.28. The van der Waals surface area contributed by atoms with Crippen molar-refractivity contribution >= 4 is 5.69 Å². The van der Waals surface area contributed by atoms with E-state index in [9.17, 15) is 0 Å². The largest absolute Gasteiger partial charge is 0.497 e. The molecule has 1 aliphatic rings. The minimum atomic E-state index is -0.00731. The molecule has 0 bridgehead atoms. The van der Waals surface area contributed by atoms with Crippen LogP contribution in [0.4, 0.5) is 5.69 Å². The van der Waals surface area contributed by atoms with Gasteiger partial charge in [0.2, 0.25) is 0 Å². The van der Waals surface area contributed by atoms with Crippen LogP contribution in [0.3, 0.4) is 0 Å². The summed E-state index contributed by atoms with van der Waals surface area (Å²) in [6.07, 6.45) is 4.11. The molecule has 1 atom stereocenters. The quantitative estimate of drug-likeness (QED) is 0.608. The van der Waals surface area contributed by atoms with Gasteiger partial charge in [0.15, 0.2) is 0 Å². The van der Waals surface area contributed by atoms with Gasteiger partial charge >= 0.3 is 0 Å². The molecular formula is C13H19N4O+. The number of rotatable bonds is 3. The first kappa shape index (κ1) is 12.6. The first-order chi connectivity index (χ1) is 8.53. The maximum atomic E-state index is 5.10. The van der Waals surface area contributed by atoms with Gasteiger partial charge in [0.25, 0.3) is 6.29 Å². The van der Waals surface area contributed by atoms with Crippen molar-refractivity contribution in [2.24, 2.45) is 10.2 Å². The normalized spacial score (nSPS) is 21.8. The highest BCUT2D eigenvalue weighted by Crippen LogP contribution is 2.23. The van der Waals surface area contributed by atoms with Gasteiger partial charge < -0.3 is 9.64 Å². The predicted molar refractivity (Wildman–Crippen MR) is 70.3 cm³/mol. The van der Waals surface area contributed by atoms with E-state index >= 15 is 0 Å². The maximum absolute atomic E-state index is 5.10. The monoisotopic (exact) mass is 247 g/mol. The molecule has 1 unspecified atom stereocenters. The van der Waals surface area contributed by atoms with E-state index in [0.717, 1.165) is 11.4 Å². The van der Waals surface area contributed by atoms with Crippen molar-refractivity contribution in [3.05, 3.63) is 36.7 Å². The van der Waals surface area contributed by atoms with Crippen molar-refractivity contribution in [2.45, 2.75) is 6.29 Å². The van der Waals surface area contributed by atoms with Crippen LogP contribution >= 0.6 is 0 Å². The van der Waals surface area contributed by atoms with Crippen molar-refractivity contribution in [2.75, 3.05) is 28.3 Å². The molecule has 0 aliphatic carbocycles. The summed E-state index contributed by atoms with van der Waals surface area (Å²) in [7, 11) is 7.84. The lowest BCUT2D eigenvalue weighted by molar-refractivity contribution is -0.868. The van der Waals surface area contributed by atoms with E-state index in [1.165, 1.54) is 0 Å². The molecule has 0 N–H and O–H groups in total. The molecule has 1 aromatic rings. The van der Waals surface area contributed by atoms with Crippen LogP contribution in [0.1, 0.15) is 0 Å². The first-order valence-electron chi connectivity index (χ1n) is 5.82. The highest BCUT2D eigenvalue weighted by Gasteiger charge is 2.34. The van der Waals surface area contributed by atoms with Crippen molar-refractivity contribution in [1.29, 1.82) is 0 Å².